The summed E-state index contributed by atoms with van der Waals surface area (Å²) >= 11 is 5.72. The number of aliphatic hydroxyl groups excluding tert-OH is 1. The number of benzene rings is 2. The van der Waals surface area contributed by atoms with E-state index in [1.807, 2.05) is 6.92 Å². The second-order valence-corrected chi connectivity index (χ2v) is 7.74. The summed E-state index contributed by atoms with van der Waals surface area (Å²) in [4.78, 5) is 12.9. The number of carbonyl (C=O) groups excluding carboxylic acids is 1. The number of halogens is 3. The largest absolute Gasteiger partial charge is 0.511 e. The number of aliphatic hydroxyl groups is 1. The Bertz CT molecular complexity index is 957. The summed E-state index contributed by atoms with van der Waals surface area (Å²) in [5, 5.41) is 10.7. The minimum Gasteiger partial charge on any atom is -0.511 e. The molecule has 0 aromatic heterocycles. The van der Waals surface area contributed by atoms with Gasteiger partial charge in [-0.05, 0) is 60.6 Å². The van der Waals surface area contributed by atoms with Gasteiger partial charge in [0.2, 0.25) is 0 Å². The van der Waals surface area contributed by atoms with E-state index in [1.54, 1.807) is 18.2 Å². The topological polar surface area (TPSA) is 37.3 Å². The summed E-state index contributed by atoms with van der Waals surface area (Å²) < 4.78 is 28.8. The van der Waals surface area contributed by atoms with Crippen LogP contribution in [0.25, 0.3) is 16.7 Å². The molecule has 5 heteroatoms. The number of carbonyl (C=O) groups is 1. The van der Waals surface area contributed by atoms with Gasteiger partial charge in [-0.2, -0.15) is 0 Å². The van der Waals surface area contributed by atoms with Crippen molar-refractivity contribution in [1.82, 2.24) is 0 Å². The summed E-state index contributed by atoms with van der Waals surface area (Å²) in [5.74, 6) is -1.53. The van der Waals surface area contributed by atoms with Gasteiger partial charge in [0, 0.05) is 16.9 Å². The fraction of sp³-hybridized carbons (Fsp3) is 0.318. The predicted octanol–water partition coefficient (Wildman–Crippen LogP) is 6.12. The molecule has 1 N–H and O–H groups in total. The normalized spacial score (nSPS) is 21.9. The van der Waals surface area contributed by atoms with Crippen LogP contribution in [0.5, 0.6) is 0 Å². The highest BCUT2D eigenvalue weighted by molar-refractivity contribution is 6.30. The van der Waals surface area contributed by atoms with E-state index in [9.17, 15) is 18.7 Å². The van der Waals surface area contributed by atoms with Crippen LogP contribution in [0.1, 0.15) is 37.3 Å². The third kappa shape index (κ3) is 2.96. The number of ketones is 1. The van der Waals surface area contributed by atoms with Crippen molar-refractivity contribution in [2.24, 2.45) is 11.8 Å². The molecule has 140 valence electrons. The molecular weight excluding hydrogens is 370 g/mol. The van der Waals surface area contributed by atoms with Gasteiger partial charge in [0.15, 0.2) is 5.78 Å². The summed E-state index contributed by atoms with van der Waals surface area (Å²) in [5.41, 5.74) is 1.89. The molecule has 2 aromatic rings. The molecule has 2 atom stereocenters. The lowest BCUT2D eigenvalue weighted by Gasteiger charge is -2.23. The molecule has 2 nitrogen and oxygen atoms in total. The molecule has 2 aliphatic carbocycles. The number of aryl methyl sites for hydroxylation is 1. The Morgan fingerprint density at radius 3 is 2.44 bits per heavy atom. The van der Waals surface area contributed by atoms with Crippen LogP contribution in [-0.2, 0) is 11.2 Å². The Kier molecular flexibility index (Phi) is 4.55. The molecule has 2 unspecified atom stereocenters. The smallest absolute Gasteiger partial charge is 0.169 e. The van der Waals surface area contributed by atoms with Gasteiger partial charge in [0.25, 0.3) is 0 Å². The van der Waals surface area contributed by atoms with E-state index in [4.69, 9.17) is 11.6 Å². The number of rotatable bonds is 3. The fourth-order valence-electron chi connectivity index (χ4n) is 4.36. The van der Waals surface area contributed by atoms with E-state index < -0.39 is 11.6 Å². The number of fused-ring (bicyclic) bond motifs is 2. The Labute approximate surface area is 161 Å². The molecule has 0 spiro atoms. The number of hydrogen-bond acceptors (Lipinski definition) is 2. The van der Waals surface area contributed by atoms with Crippen molar-refractivity contribution in [1.29, 1.82) is 0 Å². The third-order valence-corrected chi connectivity index (χ3v) is 5.97. The molecule has 0 aliphatic heterocycles. The molecule has 0 heterocycles. The van der Waals surface area contributed by atoms with Gasteiger partial charge in [-0.1, -0.05) is 30.7 Å². The van der Waals surface area contributed by atoms with E-state index in [1.165, 1.54) is 0 Å². The zero-order valence-corrected chi connectivity index (χ0v) is 15.6. The first kappa shape index (κ1) is 18.2. The molecule has 1 saturated carbocycles. The van der Waals surface area contributed by atoms with Crippen LogP contribution in [0.2, 0.25) is 5.02 Å². The van der Waals surface area contributed by atoms with Gasteiger partial charge < -0.3 is 5.11 Å². The minimum absolute atomic E-state index is 0.0000614. The Morgan fingerprint density at radius 2 is 1.78 bits per heavy atom. The number of allylic oxidation sites excluding steroid dienone is 2. The first-order valence-electron chi connectivity index (χ1n) is 9.16. The molecule has 0 amide bonds. The number of Topliss-reactive ketones (excluding diaryl/α,β-unsaturated/α-hetero) is 1. The van der Waals surface area contributed by atoms with Crippen LogP contribution >= 0.6 is 11.6 Å². The van der Waals surface area contributed by atoms with Crippen molar-refractivity contribution in [3.63, 3.8) is 0 Å². The van der Waals surface area contributed by atoms with E-state index in [0.29, 0.717) is 29.5 Å². The monoisotopic (exact) mass is 388 g/mol. The molecule has 2 bridgehead atoms. The molecule has 0 radical (unpaired) electrons. The highest BCUT2D eigenvalue weighted by atomic mass is 35.5. The lowest BCUT2D eigenvalue weighted by Crippen LogP contribution is -2.22. The first-order valence-corrected chi connectivity index (χ1v) is 9.54. The third-order valence-electron chi connectivity index (χ3n) is 5.75. The fourth-order valence-corrected chi connectivity index (χ4v) is 4.56. The predicted molar refractivity (Wildman–Crippen MR) is 102 cm³/mol. The Balaban J connectivity index is 1.91. The van der Waals surface area contributed by atoms with Crippen molar-refractivity contribution in [3.8, 4) is 11.1 Å². The van der Waals surface area contributed by atoms with Crippen molar-refractivity contribution in [3.05, 3.63) is 63.9 Å². The molecule has 4 rings (SSSR count). The SMILES string of the molecule is CCc1ccc(-c2c(F)cc(Cl)cc2F)cc1C1=C(O)C2CCC(C2)C1=O. The zero-order valence-electron chi connectivity index (χ0n) is 14.9. The van der Waals surface area contributed by atoms with Gasteiger partial charge >= 0.3 is 0 Å². The average Bonchev–Trinajstić information content (AvgIpc) is 3.07. The number of hydrogen-bond donors (Lipinski definition) is 1. The van der Waals surface area contributed by atoms with Crippen molar-refractivity contribution >= 4 is 23.0 Å². The Hall–Kier alpha value is -2.20. The standard InChI is InChI=1S/C22H19ClF2O2/c1-2-11-3-4-12(19-17(24)9-15(23)10-18(19)25)8-16(11)20-21(26)13-5-6-14(7-13)22(20)27/h3-4,8-10,13-14,26H,2,5-7H2,1H3. The van der Waals surface area contributed by atoms with Crippen LogP contribution < -0.4 is 0 Å². The van der Waals surface area contributed by atoms with Gasteiger partial charge in [0.1, 0.15) is 17.4 Å². The van der Waals surface area contributed by atoms with E-state index >= 15 is 0 Å². The second kappa shape index (κ2) is 6.75. The Morgan fingerprint density at radius 1 is 1.11 bits per heavy atom. The summed E-state index contributed by atoms with van der Waals surface area (Å²) in [6.07, 6.45) is 2.91. The molecule has 27 heavy (non-hydrogen) atoms. The molecular formula is C22H19ClF2O2. The maximum absolute atomic E-state index is 14.4. The van der Waals surface area contributed by atoms with Crippen LogP contribution in [0, 0.1) is 23.5 Å². The van der Waals surface area contributed by atoms with Gasteiger partial charge in [0.05, 0.1) is 11.1 Å². The lowest BCUT2D eigenvalue weighted by atomic mass is 9.81. The highest BCUT2D eigenvalue weighted by Crippen LogP contribution is 2.46. The van der Waals surface area contributed by atoms with Crippen LogP contribution in [0.3, 0.4) is 0 Å². The lowest BCUT2D eigenvalue weighted by molar-refractivity contribution is -0.117. The quantitative estimate of drug-likeness (QED) is 0.688. The summed E-state index contributed by atoms with van der Waals surface area (Å²) in [6.45, 7) is 1.95. The zero-order chi connectivity index (χ0) is 19.3. The summed E-state index contributed by atoms with van der Waals surface area (Å²) in [6, 6.07) is 7.15. The van der Waals surface area contributed by atoms with Gasteiger partial charge in [-0.3, -0.25) is 4.79 Å². The minimum atomic E-state index is -0.761. The van der Waals surface area contributed by atoms with Crippen LogP contribution in [0.15, 0.2) is 36.1 Å². The maximum atomic E-state index is 14.4. The molecule has 0 saturated heterocycles. The van der Waals surface area contributed by atoms with Gasteiger partial charge in [-0.15, -0.1) is 0 Å². The average molecular weight is 389 g/mol. The van der Waals surface area contributed by atoms with Crippen molar-refractivity contribution < 1.29 is 18.7 Å². The van der Waals surface area contributed by atoms with Crippen LogP contribution in [-0.4, -0.2) is 10.9 Å². The van der Waals surface area contributed by atoms with E-state index in [0.717, 1.165) is 30.5 Å². The molecule has 1 fully saturated rings. The molecule has 2 aromatic carbocycles. The summed E-state index contributed by atoms with van der Waals surface area (Å²) in [7, 11) is 0. The highest BCUT2D eigenvalue weighted by Gasteiger charge is 2.41. The van der Waals surface area contributed by atoms with Crippen molar-refractivity contribution in [2.75, 3.05) is 0 Å². The maximum Gasteiger partial charge on any atom is 0.169 e. The van der Waals surface area contributed by atoms with Crippen LogP contribution in [0.4, 0.5) is 8.78 Å². The molecule has 2 aliphatic rings. The van der Waals surface area contributed by atoms with Crippen molar-refractivity contribution in [2.45, 2.75) is 32.6 Å². The first-order chi connectivity index (χ1) is 12.9. The van der Waals surface area contributed by atoms with Gasteiger partial charge in [-0.25, -0.2) is 8.78 Å². The second-order valence-electron chi connectivity index (χ2n) is 7.30. The van der Waals surface area contributed by atoms with E-state index in [-0.39, 0.29) is 34.0 Å². The van der Waals surface area contributed by atoms with E-state index in [2.05, 4.69) is 0 Å².